The van der Waals surface area contributed by atoms with Gasteiger partial charge in [-0.2, -0.15) is 13.2 Å². The molecule has 3 N–H and O–H groups in total. The van der Waals surface area contributed by atoms with E-state index in [1.54, 1.807) is 34.0 Å². The number of carbonyl (C=O) groups is 4. The normalized spacial score (nSPS) is 26.1. The lowest BCUT2D eigenvalue weighted by molar-refractivity contribution is -0.176. The summed E-state index contributed by atoms with van der Waals surface area (Å²) in [5, 5.41) is 7.81. The van der Waals surface area contributed by atoms with Crippen molar-refractivity contribution >= 4 is 37.9 Å². The maximum absolute atomic E-state index is 13.8. The van der Waals surface area contributed by atoms with Gasteiger partial charge in [0.25, 0.3) is 0 Å². The standard InChI is InChI=1S/C26H42F3N5O4Si/c1-24(2,3)19(32-23(38)26(27,28)29)22(37)34-15-39(9-7-8-10-39)14-18(34)21(36)31-17(13-30-6)11-16-12-25(4,5)33-20(16)35/h13,16-19H,7-12,14-15H2,1-6H3,(H,31,36)(H,32,38)(H,33,35)/t16?,17?,18?,19-/m1/s1. The van der Waals surface area contributed by atoms with Gasteiger partial charge >= 0.3 is 12.1 Å². The molecule has 0 bridgehead atoms. The molecule has 0 aliphatic carbocycles. The Morgan fingerprint density at radius 1 is 1.18 bits per heavy atom. The van der Waals surface area contributed by atoms with Gasteiger partial charge in [-0.25, -0.2) is 0 Å². The SMILES string of the molecule is CN=CC(CC1CC(C)(C)NC1=O)NC(=O)C1C[Si]2(CCCC2)CN1C(=O)[C@@H](NC(=O)C(F)(F)F)C(C)(C)C. The third-order valence-electron chi connectivity index (χ3n) is 8.19. The maximum Gasteiger partial charge on any atom is 0.471 e. The number of carbonyl (C=O) groups excluding carboxylic acids is 4. The highest BCUT2D eigenvalue weighted by molar-refractivity contribution is 6.82. The van der Waals surface area contributed by atoms with Gasteiger partial charge in [0.2, 0.25) is 17.7 Å². The Hall–Kier alpha value is -2.44. The van der Waals surface area contributed by atoms with E-state index in [0.717, 1.165) is 24.9 Å². The minimum absolute atomic E-state index is 0.0906. The summed E-state index contributed by atoms with van der Waals surface area (Å²) in [5.41, 5.74) is -1.37. The summed E-state index contributed by atoms with van der Waals surface area (Å²) in [6.07, 6.45) is -0.228. The molecule has 0 aromatic heterocycles. The van der Waals surface area contributed by atoms with Gasteiger partial charge in [-0.3, -0.25) is 24.2 Å². The molecule has 3 unspecified atom stereocenters. The average Bonchev–Trinajstić information content (AvgIpc) is 3.47. The Labute approximate surface area is 229 Å². The van der Waals surface area contributed by atoms with Crippen molar-refractivity contribution in [3.63, 3.8) is 0 Å². The highest BCUT2D eigenvalue weighted by atomic mass is 28.3. The van der Waals surface area contributed by atoms with E-state index < -0.39 is 55.5 Å². The summed E-state index contributed by atoms with van der Waals surface area (Å²) >= 11 is 0. The van der Waals surface area contributed by atoms with Crippen LogP contribution >= 0.6 is 0 Å². The van der Waals surface area contributed by atoms with Gasteiger partial charge in [0, 0.05) is 30.9 Å². The van der Waals surface area contributed by atoms with Crippen molar-refractivity contribution in [3.8, 4) is 0 Å². The Balaban J connectivity index is 1.84. The summed E-state index contributed by atoms with van der Waals surface area (Å²) in [4.78, 5) is 57.3. The van der Waals surface area contributed by atoms with Crippen molar-refractivity contribution in [2.45, 2.75) is 108 Å². The number of hydrogen-bond acceptors (Lipinski definition) is 5. The van der Waals surface area contributed by atoms with Crippen LogP contribution in [0.5, 0.6) is 0 Å². The molecule has 4 atom stereocenters. The van der Waals surface area contributed by atoms with Crippen molar-refractivity contribution in [1.82, 2.24) is 20.9 Å². The molecule has 13 heteroatoms. The smallest absolute Gasteiger partial charge is 0.351 e. The first kappa shape index (κ1) is 31.1. The van der Waals surface area contributed by atoms with Crippen molar-refractivity contribution in [2.24, 2.45) is 16.3 Å². The molecular formula is C26H42F3N5O4Si. The molecule has 3 saturated heterocycles. The summed E-state index contributed by atoms with van der Waals surface area (Å²) < 4.78 is 39.3. The zero-order valence-corrected chi connectivity index (χ0v) is 24.7. The number of rotatable bonds is 7. The van der Waals surface area contributed by atoms with Crippen molar-refractivity contribution in [1.29, 1.82) is 0 Å². The summed E-state index contributed by atoms with van der Waals surface area (Å²) in [6.45, 7) is 8.62. The van der Waals surface area contributed by atoms with Crippen LogP contribution < -0.4 is 16.0 Å². The Kier molecular flexibility index (Phi) is 8.93. The molecule has 1 spiro atoms. The van der Waals surface area contributed by atoms with Crippen LogP contribution in [-0.4, -0.2) is 85.9 Å². The van der Waals surface area contributed by atoms with Crippen LogP contribution in [0.2, 0.25) is 18.1 Å². The zero-order valence-electron chi connectivity index (χ0n) is 23.7. The average molecular weight is 574 g/mol. The third kappa shape index (κ3) is 7.40. The molecule has 4 amide bonds. The molecule has 0 aromatic carbocycles. The molecular weight excluding hydrogens is 531 g/mol. The lowest BCUT2D eigenvalue weighted by Crippen LogP contribution is -2.60. The Morgan fingerprint density at radius 2 is 1.79 bits per heavy atom. The molecule has 3 aliphatic rings. The van der Waals surface area contributed by atoms with Gasteiger partial charge in [0.15, 0.2) is 0 Å². The molecule has 220 valence electrons. The topological polar surface area (TPSA) is 120 Å². The number of aliphatic imine (C=N–C) groups is 1. The number of nitrogens with zero attached hydrogens (tertiary/aromatic N) is 2. The third-order valence-corrected chi connectivity index (χ3v) is 13.3. The largest absolute Gasteiger partial charge is 0.471 e. The van der Waals surface area contributed by atoms with E-state index in [2.05, 4.69) is 15.6 Å². The van der Waals surface area contributed by atoms with E-state index >= 15 is 0 Å². The minimum Gasteiger partial charge on any atom is -0.351 e. The molecule has 0 aromatic rings. The maximum atomic E-state index is 13.8. The van der Waals surface area contributed by atoms with E-state index in [9.17, 15) is 32.3 Å². The number of alkyl halides is 3. The number of hydrogen-bond donors (Lipinski definition) is 3. The fraction of sp³-hybridized carbons (Fsp3) is 0.808. The highest BCUT2D eigenvalue weighted by Crippen LogP contribution is 2.42. The fourth-order valence-corrected chi connectivity index (χ4v) is 11.8. The van der Waals surface area contributed by atoms with E-state index in [0.29, 0.717) is 25.1 Å². The lowest BCUT2D eigenvalue weighted by Gasteiger charge is -2.36. The van der Waals surface area contributed by atoms with E-state index in [1.807, 2.05) is 19.2 Å². The van der Waals surface area contributed by atoms with Gasteiger partial charge in [-0.1, -0.05) is 45.7 Å². The first-order valence-electron chi connectivity index (χ1n) is 13.6. The predicted molar refractivity (Wildman–Crippen MR) is 144 cm³/mol. The van der Waals surface area contributed by atoms with Crippen molar-refractivity contribution in [2.75, 3.05) is 13.2 Å². The molecule has 0 radical (unpaired) electrons. The van der Waals surface area contributed by atoms with Gasteiger partial charge in [0.1, 0.15) is 12.1 Å². The summed E-state index contributed by atoms with van der Waals surface area (Å²) in [6, 6.07) is -0.419. The van der Waals surface area contributed by atoms with Crippen LogP contribution in [0.1, 0.15) is 60.3 Å². The van der Waals surface area contributed by atoms with Gasteiger partial charge in [-0.15, -0.1) is 0 Å². The lowest BCUT2D eigenvalue weighted by atomic mass is 9.85. The van der Waals surface area contributed by atoms with Crippen LogP contribution in [0.4, 0.5) is 13.2 Å². The Morgan fingerprint density at radius 3 is 2.28 bits per heavy atom. The molecule has 39 heavy (non-hydrogen) atoms. The first-order chi connectivity index (χ1) is 17.9. The number of halogens is 3. The highest BCUT2D eigenvalue weighted by Gasteiger charge is 2.54. The van der Waals surface area contributed by atoms with Gasteiger partial charge < -0.3 is 20.9 Å². The Bertz CT molecular complexity index is 1000. The molecule has 3 heterocycles. The van der Waals surface area contributed by atoms with Crippen LogP contribution in [0, 0.1) is 11.3 Å². The monoisotopic (exact) mass is 573 g/mol. The number of nitrogens with one attached hydrogen (secondary N) is 3. The van der Waals surface area contributed by atoms with Crippen LogP contribution in [0.3, 0.4) is 0 Å². The van der Waals surface area contributed by atoms with Gasteiger partial charge in [-0.05, 0) is 38.1 Å². The van der Waals surface area contributed by atoms with Crippen molar-refractivity contribution in [3.05, 3.63) is 0 Å². The van der Waals surface area contributed by atoms with Crippen LogP contribution in [-0.2, 0) is 19.2 Å². The second-order valence-electron chi connectivity index (χ2n) is 13.2. The minimum atomic E-state index is -5.14. The zero-order chi connectivity index (χ0) is 29.4. The fourth-order valence-electron chi connectivity index (χ4n) is 6.34. The molecule has 3 rings (SSSR count). The second-order valence-corrected chi connectivity index (χ2v) is 17.9. The summed E-state index contributed by atoms with van der Waals surface area (Å²) in [7, 11) is -0.456. The first-order valence-corrected chi connectivity index (χ1v) is 16.4. The van der Waals surface area contributed by atoms with Gasteiger partial charge in [0.05, 0.1) is 14.1 Å². The molecule has 0 saturated carbocycles. The van der Waals surface area contributed by atoms with E-state index in [-0.39, 0.29) is 17.4 Å². The van der Waals surface area contributed by atoms with E-state index in [1.165, 1.54) is 4.90 Å². The molecule has 3 aliphatic heterocycles. The quantitative estimate of drug-likeness (QED) is 0.320. The predicted octanol–water partition coefficient (Wildman–Crippen LogP) is 2.56. The number of amides is 4. The van der Waals surface area contributed by atoms with Crippen LogP contribution in [0.25, 0.3) is 0 Å². The second kappa shape index (κ2) is 11.2. The molecule has 3 fully saturated rings. The summed E-state index contributed by atoms with van der Waals surface area (Å²) in [5.74, 6) is -3.66. The van der Waals surface area contributed by atoms with E-state index in [4.69, 9.17) is 0 Å². The van der Waals surface area contributed by atoms with Crippen molar-refractivity contribution < 1.29 is 32.3 Å². The molecule has 9 nitrogen and oxygen atoms in total. The van der Waals surface area contributed by atoms with Crippen LogP contribution in [0.15, 0.2) is 4.99 Å².